The number of nitrogens with one attached hydrogen (secondary N) is 6. The molecular formula is C22H42N8. The molecule has 0 bridgehead atoms. The fourth-order valence-corrected chi connectivity index (χ4v) is 3.94. The molecule has 2 aliphatic heterocycles. The molecule has 0 atom stereocenters. The first-order chi connectivity index (χ1) is 14.9. The largest absolute Gasteiger partial charge is 0.369 e. The summed E-state index contributed by atoms with van der Waals surface area (Å²) >= 11 is 0. The van der Waals surface area contributed by atoms with Crippen LogP contribution < -0.4 is 41.7 Å². The molecule has 0 saturated carbocycles. The Morgan fingerprint density at radius 2 is 0.733 bits per heavy atom. The Morgan fingerprint density at radius 1 is 0.433 bits per heavy atom. The van der Waals surface area contributed by atoms with E-state index in [4.69, 9.17) is 0 Å². The van der Waals surface area contributed by atoms with Gasteiger partial charge in [-0.1, -0.05) is 6.07 Å². The third-order valence-corrected chi connectivity index (χ3v) is 5.71. The van der Waals surface area contributed by atoms with E-state index in [-0.39, 0.29) is 0 Å². The molecule has 2 fully saturated rings. The topological polar surface area (TPSA) is 78.7 Å². The van der Waals surface area contributed by atoms with E-state index in [9.17, 15) is 0 Å². The van der Waals surface area contributed by atoms with E-state index in [0.29, 0.717) is 0 Å². The van der Waals surface area contributed by atoms with Crippen molar-refractivity contribution in [2.24, 2.45) is 0 Å². The Morgan fingerprint density at radius 3 is 1.07 bits per heavy atom. The molecule has 3 rings (SSSR count). The van der Waals surface area contributed by atoms with Crippen LogP contribution in [0.25, 0.3) is 0 Å². The molecule has 0 spiro atoms. The predicted molar refractivity (Wildman–Crippen MR) is 128 cm³/mol. The number of nitrogens with zero attached hydrogens (tertiary/aromatic N) is 2. The minimum atomic E-state index is 1.01. The summed E-state index contributed by atoms with van der Waals surface area (Å²) in [6, 6.07) is 9.11. The molecule has 0 radical (unpaired) electrons. The molecule has 0 amide bonds. The molecule has 2 heterocycles. The average molecular weight is 419 g/mol. The second-order valence-corrected chi connectivity index (χ2v) is 7.99. The smallest absolute Gasteiger partial charge is 0.0387 e. The number of rotatable bonds is 2. The molecule has 170 valence electrons. The van der Waals surface area contributed by atoms with E-state index in [1.165, 1.54) is 11.4 Å². The maximum Gasteiger partial charge on any atom is 0.0387 e. The lowest BCUT2D eigenvalue weighted by atomic mass is 10.2. The summed E-state index contributed by atoms with van der Waals surface area (Å²) < 4.78 is 0. The SMILES string of the molecule is c1cc(N2CCNCCNCCNCC2)cc(N2CCNCCNCCNCC2)c1. The lowest BCUT2D eigenvalue weighted by Crippen LogP contribution is -2.42. The predicted octanol–water partition coefficient (Wildman–Crippen LogP) is -1.14. The molecule has 8 nitrogen and oxygen atoms in total. The van der Waals surface area contributed by atoms with Crippen LogP contribution in [-0.4, -0.2) is 105 Å². The quantitative estimate of drug-likeness (QED) is 0.360. The van der Waals surface area contributed by atoms with Crippen LogP contribution in [0.5, 0.6) is 0 Å². The third-order valence-electron chi connectivity index (χ3n) is 5.71. The number of anilines is 2. The van der Waals surface area contributed by atoms with E-state index in [1.54, 1.807) is 0 Å². The van der Waals surface area contributed by atoms with Gasteiger partial charge in [-0.2, -0.15) is 0 Å². The van der Waals surface area contributed by atoms with Crippen molar-refractivity contribution in [3.63, 3.8) is 0 Å². The summed E-state index contributed by atoms with van der Waals surface area (Å²) in [5, 5.41) is 21.2. The van der Waals surface area contributed by atoms with Crippen LogP contribution in [-0.2, 0) is 0 Å². The molecule has 0 aliphatic carbocycles. The van der Waals surface area contributed by atoms with E-state index < -0.39 is 0 Å². The van der Waals surface area contributed by atoms with Gasteiger partial charge in [0.05, 0.1) is 0 Å². The lowest BCUT2D eigenvalue weighted by Gasteiger charge is -2.30. The summed E-state index contributed by atoms with van der Waals surface area (Å²) in [6.07, 6.45) is 0. The van der Waals surface area contributed by atoms with E-state index in [1.807, 2.05) is 0 Å². The number of hydrogen-bond donors (Lipinski definition) is 6. The highest BCUT2D eigenvalue weighted by molar-refractivity contribution is 5.59. The van der Waals surface area contributed by atoms with Crippen molar-refractivity contribution in [1.82, 2.24) is 31.9 Å². The number of hydrogen-bond acceptors (Lipinski definition) is 8. The van der Waals surface area contributed by atoms with Crippen molar-refractivity contribution in [2.45, 2.75) is 0 Å². The van der Waals surface area contributed by atoms with Crippen molar-refractivity contribution >= 4 is 11.4 Å². The van der Waals surface area contributed by atoms with Crippen molar-refractivity contribution in [3.05, 3.63) is 24.3 Å². The normalized spacial score (nSPS) is 22.3. The van der Waals surface area contributed by atoms with Gasteiger partial charge in [-0.3, -0.25) is 0 Å². The Kier molecular flexibility index (Phi) is 11.3. The first-order valence-corrected chi connectivity index (χ1v) is 11.8. The summed E-state index contributed by atoms with van der Waals surface area (Å²) in [5.41, 5.74) is 2.64. The Hall–Kier alpha value is -1.42. The molecule has 30 heavy (non-hydrogen) atoms. The van der Waals surface area contributed by atoms with Crippen LogP contribution in [0.1, 0.15) is 0 Å². The average Bonchev–Trinajstić information content (AvgIpc) is 2.75. The van der Waals surface area contributed by atoms with Gasteiger partial charge in [0.25, 0.3) is 0 Å². The number of benzene rings is 1. The second-order valence-electron chi connectivity index (χ2n) is 7.99. The van der Waals surface area contributed by atoms with Gasteiger partial charge >= 0.3 is 0 Å². The van der Waals surface area contributed by atoms with Crippen LogP contribution in [0.4, 0.5) is 11.4 Å². The summed E-state index contributed by atoms with van der Waals surface area (Å²) in [4.78, 5) is 5.02. The molecule has 0 unspecified atom stereocenters. The van der Waals surface area contributed by atoms with Crippen LogP contribution in [0, 0.1) is 0 Å². The Balaban J connectivity index is 1.63. The van der Waals surface area contributed by atoms with Crippen molar-refractivity contribution in [3.8, 4) is 0 Å². The van der Waals surface area contributed by atoms with Crippen molar-refractivity contribution in [1.29, 1.82) is 0 Å². The first kappa shape index (κ1) is 23.2. The molecule has 6 N–H and O–H groups in total. The standard InChI is InChI=1S/C22H42N8/c1-2-21(29-16-12-25-8-4-23-5-9-26-13-17-29)20-22(3-1)30-18-14-27-10-6-24-7-11-28-15-19-30/h1-3,20,23-28H,4-19H2. The molecule has 2 aliphatic rings. The van der Waals surface area contributed by atoms with Crippen LogP contribution >= 0.6 is 0 Å². The molecule has 1 aromatic carbocycles. The van der Waals surface area contributed by atoms with Crippen molar-refractivity contribution in [2.75, 3.05) is 115 Å². The summed E-state index contributed by atoms with van der Waals surface area (Å²) in [5.74, 6) is 0. The van der Waals surface area contributed by atoms with E-state index >= 15 is 0 Å². The maximum atomic E-state index is 3.56. The van der Waals surface area contributed by atoms with Crippen molar-refractivity contribution < 1.29 is 0 Å². The first-order valence-electron chi connectivity index (χ1n) is 11.8. The van der Waals surface area contributed by atoms with E-state index in [0.717, 1.165) is 105 Å². The molecule has 8 heteroatoms. The zero-order chi connectivity index (χ0) is 20.7. The van der Waals surface area contributed by atoms with Gasteiger partial charge in [-0.15, -0.1) is 0 Å². The summed E-state index contributed by atoms with van der Waals surface area (Å²) in [7, 11) is 0. The minimum Gasteiger partial charge on any atom is -0.369 e. The van der Waals surface area contributed by atoms with Gasteiger partial charge in [0.15, 0.2) is 0 Å². The Labute approximate surface area is 182 Å². The molecule has 0 aromatic heterocycles. The van der Waals surface area contributed by atoms with Crippen LogP contribution in [0.15, 0.2) is 24.3 Å². The molecule has 2 saturated heterocycles. The van der Waals surface area contributed by atoms with Crippen LogP contribution in [0.2, 0.25) is 0 Å². The highest BCUT2D eigenvalue weighted by Gasteiger charge is 2.11. The van der Waals surface area contributed by atoms with Gasteiger partial charge < -0.3 is 41.7 Å². The van der Waals surface area contributed by atoms with Gasteiger partial charge in [-0.05, 0) is 18.2 Å². The fourth-order valence-electron chi connectivity index (χ4n) is 3.94. The Bertz CT molecular complexity index is 501. The zero-order valence-corrected chi connectivity index (χ0v) is 18.5. The monoisotopic (exact) mass is 418 g/mol. The highest BCUT2D eigenvalue weighted by atomic mass is 15.2. The van der Waals surface area contributed by atoms with Crippen LogP contribution in [0.3, 0.4) is 0 Å². The van der Waals surface area contributed by atoms with Gasteiger partial charge in [0.2, 0.25) is 0 Å². The zero-order valence-electron chi connectivity index (χ0n) is 18.5. The molecule has 1 aromatic rings. The van der Waals surface area contributed by atoms with Gasteiger partial charge in [0.1, 0.15) is 0 Å². The van der Waals surface area contributed by atoms with Gasteiger partial charge in [0, 0.05) is 116 Å². The van der Waals surface area contributed by atoms with E-state index in [2.05, 4.69) is 66.0 Å². The van der Waals surface area contributed by atoms with Gasteiger partial charge in [-0.25, -0.2) is 0 Å². The highest BCUT2D eigenvalue weighted by Crippen LogP contribution is 2.22. The second kappa shape index (κ2) is 14.6. The minimum absolute atomic E-state index is 1.01. The molecular weight excluding hydrogens is 376 g/mol. The third kappa shape index (κ3) is 8.75. The maximum absolute atomic E-state index is 3.56. The summed E-state index contributed by atoms with van der Waals surface area (Å²) in [6.45, 7) is 16.4. The fraction of sp³-hybridized carbons (Fsp3) is 0.727. The lowest BCUT2D eigenvalue weighted by molar-refractivity contribution is 0.556.